The zero-order valence-corrected chi connectivity index (χ0v) is 9.55. The van der Waals surface area contributed by atoms with E-state index in [1.165, 1.54) is 12.0 Å². The molecule has 0 saturated carbocycles. The van der Waals surface area contributed by atoms with Gasteiger partial charge in [0.15, 0.2) is 0 Å². The molecular weight excluding hydrogens is 226 g/mol. The summed E-state index contributed by atoms with van der Waals surface area (Å²) in [6.45, 7) is 2.06. The number of nitrogens with two attached hydrogens (primary N) is 1. The van der Waals surface area contributed by atoms with Gasteiger partial charge in [-0.3, -0.25) is 0 Å². The highest BCUT2D eigenvalue weighted by Gasteiger charge is 1.96. The van der Waals surface area contributed by atoms with Gasteiger partial charge in [-0.05, 0) is 43.9 Å². The Kier molecular flexibility index (Phi) is 4.46. The third-order valence-corrected chi connectivity index (χ3v) is 2.57. The van der Waals surface area contributed by atoms with Gasteiger partial charge in [-0.1, -0.05) is 28.1 Å². The molecule has 2 N–H and O–H groups in total. The molecule has 0 aromatic heterocycles. The van der Waals surface area contributed by atoms with Gasteiger partial charge in [-0.2, -0.15) is 0 Å². The average Bonchev–Trinajstić information content (AvgIpc) is 2.08. The minimum absolute atomic E-state index is 0.329. The summed E-state index contributed by atoms with van der Waals surface area (Å²) in [5.74, 6) is 0. The Morgan fingerprint density at radius 2 is 1.92 bits per heavy atom. The maximum absolute atomic E-state index is 5.67. The van der Waals surface area contributed by atoms with Crippen molar-refractivity contribution in [2.75, 3.05) is 0 Å². The predicted molar refractivity (Wildman–Crippen MR) is 60.7 cm³/mol. The molecule has 0 saturated heterocycles. The Balaban J connectivity index is 2.33. The summed E-state index contributed by atoms with van der Waals surface area (Å²) in [5, 5.41) is 0. The van der Waals surface area contributed by atoms with Crippen molar-refractivity contribution in [1.82, 2.24) is 0 Å². The van der Waals surface area contributed by atoms with Gasteiger partial charge >= 0.3 is 0 Å². The van der Waals surface area contributed by atoms with E-state index >= 15 is 0 Å². The maximum Gasteiger partial charge on any atom is 0.0175 e. The normalized spacial score (nSPS) is 12.8. The van der Waals surface area contributed by atoms with Crippen molar-refractivity contribution in [3.8, 4) is 0 Å². The highest BCUT2D eigenvalue weighted by atomic mass is 79.9. The first kappa shape index (κ1) is 10.7. The van der Waals surface area contributed by atoms with Crippen LogP contribution in [0.5, 0.6) is 0 Å². The van der Waals surface area contributed by atoms with E-state index in [1.807, 2.05) is 0 Å². The lowest BCUT2D eigenvalue weighted by molar-refractivity contribution is 0.624. The molecule has 13 heavy (non-hydrogen) atoms. The van der Waals surface area contributed by atoms with E-state index in [0.29, 0.717) is 6.04 Å². The summed E-state index contributed by atoms with van der Waals surface area (Å²) in [6.07, 6.45) is 3.42. The van der Waals surface area contributed by atoms with Crippen LogP contribution in [0.1, 0.15) is 25.3 Å². The average molecular weight is 242 g/mol. The first-order valence-corrected chi connectivity index (χ1v) is 5.48. The molecule has 1 nitrogen and oxygen atoms in total. The fourth-order valence-electron chi connectivity index (χ4n) is 1.28. The standard InChI is InChI=1S/C11H16BrN/c1-9(13)3-2-4-10-5-7-11(12)8-6-10/h5-9H,2-4,13H2,1H3/t9-/m1/s1. The van der Waals surface area contributed by atoms with Gasteiger partial charge in [-0.25, -0.2) is 0 Å². The second-order valence-corrected chi connectivity index (χ2v) is 4.41. The van der Waals surface area contributed by atoms with Crippen LogP contribution in [-0.4, -0.2) is 6.04 Å². The molecule has 1 aromatic rings. The minimum Gasteiger partial charge on any atom is -0.328 e. The minimum atomic E-state index is 0.329. The van der Waals surface area contributed by atoms with E-state index in [0.717, 1.165) is 17.3 Å². The Hall–Kier alpha value is -0.340. The number of benzene rings is 1. The summed E-state index contributed by atoms with van der Waals surface area (Å²) in [6, 6.07) is 8.81. The zero-order chi connectivity index (χ0) is 9.68. The molecule has 0 fully saturated rings. The molecule has 0 aliphatic carbocycles. The summed E-state index contributed by atoms with van der Waals surface area (Å²) in [7, 11) is 0. The quantitative estimate of drug-likeness (QED) is 0.862. The second-order valence-electron chi connectivity index (χ2n) is 3.50. The van der Waals surface area contributed by atoms with Crippen LogP contribution in [0.15, 0.2) is 28.7 Å². The fraction of sp³-hybridized carbons (Fsp3) is 0.455. The first-order chi connectivity index (χ1) is 6.18. The topological polar surface area (TPSA) is 26.0 Å². The molecule has 0 spiro atoms. The third-order valence-electron chi connectivity index (χ3n) is 2.04. The number of aryl methyl sites for hydroxylation is 1. The number of hydrogen-bond donors (Lipinski definition) is 1. The molecule has 72 valence electrons. The van der Waals surface area contributed by atoms with E-state index in [9.17, 15) is 0 Å². The summed E-state index contributed by atoms with van der Waals surface area (Å²) >= 11 is 3.42. The van der Waals surface area contributed by atoms with E-state index in [2.05, 4.69) is 47.1 Å². The van der Waals surface area contributed by atoms with Crippen LogP contribution < -0.4 is 5.73 Å². The highest BCUT2D eigenvalue weighted by Crippen LogP contribution is 2.12. The van der Waals surface area contributed by atoms with Crippen molar-refractivity contribution < 1.29 is 0 Å². The molecule has 0 amide bonds. The van der Waals surface area contributed by atoms with Crippen molar-refractivity contribution >= 4 is 15.9 Å². The van der Waals surface area contributed by atoms with Gasteiger partial charge in [0.2, 0.25) is 0 Å². The largest absolute Gasteiger partial charge is 0.328 e. The van der Waals surface area contributed by atoms with Crippen molar-refractivity contribution in [3.05, 3.63) is 34.3 Å². The molecule has 0 bridgehead atoms. The summed E-state index contributed by atoms with van der Waals surface area (Å²) in [5.41, 5.74) is 7.07. The number of halogens is 1. The molecule has 1 atom stereocenters. The van der Waals surface area contributed by atoms with Gasteiger partial charge in [-0.15, -0.1) is 0 Å². The molecule has 1 aromatic carbocycles. The van der Waals surface area contributed by atoms with Crippen LogP contribution in [0, 0.1) is 0 Å². The highest BCUT2D eigenvalue weighted by molar-refractivity contribution is 9.10. The van der Waals surface area contributed by atoms with E-state index in [4.69, 9.17) is 5.73 Å². The van der Waals surface area contributed by atoms with Crippen molar-refractivity contribution in [2.45, 2.75) is 32.2 Å². The Morgan fingerprint density at radius 1 is 1.31 bits per heavy atom. The molecule has 0 heterocycles. The lowest BCUT2D eigenvalue weighted by atomic mass is 10.1. The SMILES string of the molecule is C[C@@H](N)CCCc1ccc(Br)cc1. The van der Waals surface area contributed by atoms with Crippen LogP contribution in [0.3, 0.4) is 0 Å². The van der Waals surface area contributed by atoms with Crippen LogP contribution in [-0.2, 0) is 6.42 Å². The molecule has 0 radical (unpaired) electrons. The molecule has 1 rings (SSSR count). The molecule has 2 heteroatoms. The van der Waals surface area contributed by atoms with Gasteiger partial charge in [0.05, 0.1) is 0 Å². The molecule has 0 aliphatic rings. The first-order valence-electron chi connectivity index (χ1n) is 4.68. The van der Waals surface area contributed by atoms with Gasteiger partial charge in [0.1, 0.15) is 0 Å². The van der Waals surface area contributed by atoms with Gasteiger partial charge < -0.3 is 5.73 Å². The molecule has 0 aliphatic heterocycles. The zero-order valence-electron chi connectivity index (χ0n) is 7.96. The van der Waals surface area contributed by atoms with Crippen molar-refractivity contribution in [1.29, 1.82) is 0 Å². The predicted octanol–water partition coefficient (Wildman–Crippen LogP) is 3.12. The van der Waals surface area contributed by atoms with Crippen LogP contribution in [0.25, 0.3) is 0 Å². The summed E-state index contributed by atoms with van der Waals surface area (Å²) in [4.78, 5) is 0. The van der Waals surface area contributed by atoms with Gasteiger partial charge in [0.25, 0.3) is 0 Å². The fourth-order valence-corrected chi connectivity index (χ4v) is 1.54. The Labute approximate surface area is 88.5 Å². The van der Waals surface area contributed by atoms with Crippen LogP contribution in [0.4, 0.5) is 0 Å². The van der Waals surface area contributed by atoms with Gasteiger partial charge in [0, 0.05) is 10.5 Å². The number of rotatable bonds is 4. The Morgan fingerprint density at radius 3 is 2.46 bits per heavy atom. The molecule has 0 unspecified atom stereocenters. The summed E-state index contributed by atoms with van der Waals surface area (Å²) < 4.78 is 1.14. The lowest BCUT2D eigenvalue weighted by Crippen LogP contribution is -2.14. The van der Waals surface area contributed by atoms with Crippen LogP contribution >= 0.6 is 15.9 Å². The van der Waals surface area contributed by atoms with Crippen LogP contribution in [0.2, 0.25) is 0 Å². The molecular formula is C11H16BrN. The van der Waals surface area contributed by atoms with Crippen molar-refractivity contribution in [3.63, 3.8) is 0 Å². The van der Waals surface area contributed by atoms with E-state index < -0.39 is 0 Å². The van der Waals surface area contributed by atoms with E-state index in [1.54, 1.807) is 0 Å². The third kappa shape index (κ3) is 4.44. The maximum atomic E-state index is 5.67. The second kappa shape index (κ2) is 5.40. The Bertz CT molecular complexity index is 241. The van der Waals surface area contributed by atoms with E-state index in [-0.39, 0.29) is 0 Å². The number of hydrogen-bond acceptors (Lipinski definition) is 1. The van der Waals surface area contributed by atoms with Crippen molar-refractivity contribution in [2.24, 2.45) is 5.73 Å². The monoisotopic (exact) mass is 241 g/mol. The lowest BCUT2D eigenvalue weighted by Gasteiger charge is -2.04. The smallest absolute Gasteiger partial charge is 0.0175 e.